The molecule has 0 unspecified atom stereocenters. The molecule has 0 spiro atoms. The highest BCUT2D eigenvalue weighted by Crippen LogP contribution is 2.22. The zero-order chi connectivity index (χ0) is 14.0. The van der Waals surface area contributed by atoms with Gasteiger partial charge >= 0.3 is 0 Å². The Balaban J connectivity index is 2.12. The summed E-state index contributed by atoms with van der Waals surface area (Å²) < 4.78 is 1.37. The van der Waals surface area contributed by atoms with Crippen LogP contribution in [0.4, 0.5) is 0 Å². The van der Waals surface area contributed by atoms with Crippen molar-refractivity contribution < 1.29 is 9.59 Å². The Morgan fingerprint density at radius 2 is 2.00 bits per heavy atom. The summed E-state index contributed by atoms with van der Waals surface area (Å²) in [6.45, 7) is 4.19. The number of aromatic nitrogens is 2. The second kappa shape index (κ2) is 5.42. The molecular formula is C13H20N4O2. The topological polar surface area (TPSA) is 81.2 Å². The number of likely N-dealkylation sites (tertiary alicyclic amines) is 1. The number of nitrogens with two attached hydrogens (primary N) is 1. The van der Waals surface area contributed by atoms with Gasteiger partial charge in [0.25, 0.3) is 5.91 Å². The second-order valence-corrected chi connectivity index (χ2v) is 5.17. The highest BCUT2D eigenvalue weighted by atomic mass is 16.2. The van der Waals surface area contributed by atoms with Gasteiger partial charge in [-0.3, -0.25) is 14.3 Å². The molecule has 2 amide bonds. The molecule has 1 fully saturated rings. The van der Waals surface area contributed by atoms with E-state index >= 15 is 0 Å². The molecule has 2 N–H and O–H groups in total. The first kappa shape index (κ1) is 13.6. The first-order valence-electron chi connectivity index (χ1n) is 6.63. The van der Waals surface area contributed by atoms with E-state index < -0.39 is 5.91 Å². The normalized spacial score (nSPS) is 23.4. The smallest absolute Gasteiger partial charge is 0.266 e. The minimum Gasteiger partial charge on any atom is -0.364 e. The molecule has 1 saturated heterocycles. The summed E-state index contributed by atoms with van der Waals surface area (Å²) in [6, 6.07) is 2.01. The van der Waals surface area contributed by atoms with Crippen molar-refractivity contribution in [3.8, 4) is 0 Å². The van der Waals surface area contributed by atoms with Crippen LogP contribution in [0.15, 0.2) is 12.3 Å². The minimum absolute atomic E-state index is 0.00843. The number of carbonyl (C=O) groups is 2. The fourth-order valence-electron chi connectivity index (χ4n) is 2.79. The van der Waals surface area contributed by atoms with Crippen molar-refractivity contribution in [2.75, 3.05) is 0 Å². The molecule has 2 atom stereocenters. The monoisotopic (exact) mass is 264 g/mol. The Morgan fingerprint density at radius 3 is 2.58 bits per heavy atom. The zero-order valence-corrected chi connectivity index (χ0v) is 11.4. The van der Waals surface area contributed by atoms with Gasteiger partial charge in [0.15, 0.2) is 0 Å². The van der Waals surface area contributed by atoms with Gasteiger partial charge in [-0.15, -0.1) is 0 Å². The highest BCUT2D eigenvalue weighted by Gasteiger charge is 2.29. The summed E-state index contributed by atoms with van der Waals surface area (Å²) in [5.74, 6) is -0.573. The van der Waals surface area contributed by atoms with E-state index in [-0.39, 0.29) is 30.2 Å². The summed E-state index contributed by atoms with van der Waals surface area (Å²) >= 11 is 0. The van der Waals surface area contributed by atoms with Crippen LogP contribution in [0.3, 0.4) is 0 Å². The van der Waals surface area contributed by atoms with Gasteiger partial charge in [-0.05, 0) is 39.2 Å². The number of piperidine rings is 1. The predicted octanol–water partition coefficient (Wildman–Crippen LogP) is 0.771. The third-order valence-corrected chi connectivity index (χ3v) is 3.74. The third kappa shape index (κ3) is 2.77. The first-order valence-corrected chi connectivity index (χ1v) is 6.63. The van der Waals surface area contributed by atoms with Gasteiger partial charge in [0.05, 0.1) is 0 Å². The van der Waals surface area contributed by atoms with Crippen LogP contribution in [0.2, 0.25) is 0 Å². The molecule has 19 heavy (non-hydrogen) atoms. The summed E-state index contributed by atoms with van der Waals surface area (Å²) in [4.78, 5) is 25.5. The van der Waals surface area contributed by atoms with Crippen LogP contribution in [0.1, 0.15) is 43.6 Å². The maximum Gasteiger partial charge on any atom is 0.266 e. The number of rotatable bonds is 3. The fourth-order valence-corrected chi connectivity index (χ4v) is 2.79. The Bertz CT molecular complexity index is 473. The molecule has 2 heterocycles. The molecule has 1 aliphatic rings. The summed E-state index contributed by atoms with van der Waals surface area (Å²) in [5.41, 5.74) is 5.51. The first-order chi connectivity index (χ1) is 9.00. The van der Waals surface area contributed by atoms with E-state index in [4.69, 9.17) is 5.73 Å². The van der Waals surface area contributed by atoms with Crippen molar-refractivity contribution in [3.05, 3.63) is 18.0 Å². The Kier molecular flexibility index (Phi) is 3.87. The molecule has 104 valence electrons. The third-order valence-electron chi connectivity index (χ3n) is 3.74. The largest absolute Gasteiger partial charge is 0.364 e. The highest BCUT2D eigenvalue weighted by molar-refractivity contribution is 5.91. The van der Waals surface area contributed by atoms with Gasteiger partial charge in [0, 0.05) is 18.3 Å². The van der Waals surface area contributed by atoms with Gasteiger partial charge in [-0.2, -0.15) is 5.10 Å². The van der Waals surface area contributed by atoms with E-state index in [1.165, 1.54) is 16.9 Å². The fraction of sp³-hybridized carbons (Fsp3) is 0.615. The molecular weight excluding hydrogens is 244 g/mol. The maximum absolute atomic E-state index is 12.4. The lowest BCUT2D eigenvalue weighted by Gasteiger charge is -2.39. The summed E-state index contributed by atoms with van der Waals surface area (Å²) in [5, 5.41) is 3.99. The van der Waals surface area contributed by atoms with Gasteiger partial charge in [-0.1, -0.05) is 0 Å². The average molecular weight is 264 g/mol. The van der Waals surface area contributed by atoms with E-state index in [9.17, 15) is 9.59 Å². The van der Waals surface area contributed by atoms with Crippen molar-refractivity contribution in [1.82, 2.24) is 14.7 Å². The lowest BCUT2D eigenvalue weighted by atomic mass is 9.97. The van der Waals surface area contributed by atoms with Crippen LogP contribution >= 0.6 is 0 Å². The van der Waals surface area contributed by atoms with E-state index in [0.29, 0.717) is 0 Å². The molecule has 0 radical (unpaired) electrons. The predicted molar refractivity (Wildman–Crippen MR) is 70.4 cm³/mol. The molecule has 0 bridgehead atoms. The standard InChI is InChI=1S/C13H20N4O2/c1-9-4-3-5-10(2)17(9)12(18)8-16-11(13(14)19)6-7-15-16/h6-7,9-10H,3-5,8H2,1-2H3,(H2,14,19)/t9-,10-/m1/s1. The van der Waals surface area contributed by atoms with Crippen LogP contribution in [0.25, 0.3) is 0 Å². The number of hydrogen-bond donors (Lipinski definition) is 1. The lowest BCUT2D eigenvalue weighted by molar-refractivity contribution is -0.138. The molecule has 6 heteroatoms. The van der Waals surface area contributed by atoms with Gasteiger partial charge in [0.2, 0.25) is 5.91 Å². The summed E-state index contributed by atoms with van der Waals surface area (Å²) in [7, 11) is 0. The van der Waals surface area contributed by atoms with E-state index in [0.717, 1.165) is 19.3 Å². The number of primary amides is 1. The van der Waals surface area contributed by atoms with Gasteiger partial charge in [0.1, 0.15) is 12.2 Å². The van der Waals surface area contributed by atoms with Crippen LogP contribution in [0, 0.1) is 0 Å². The van der Waals surface area contributed by atoms with Crippen LogP contribution < -0.4 is 5.73 Å². The zero-order valence-electron chi connectivity index (χ0n) is 11.4. The molecule has 0 saturated carbocycles. The van der Waals surface area contributed by atoms with Crippen molar-refractivity contribution >= 4 is 11.8 Å². The number of hydrogen-bond acceptors (Lipinski definition) is 3. The molecule has 1 aromatic rings. The Hall–Kier alpha value is -1.85. The molecule has 1 aromatic heterocycles. The Morgan fingerprint density at radius 1 is 1.37 bits per heavy atom. The molecule has 1 aliphatic heterocycles. The molecule has 0 aliphatic carbocycles. The number of amides is 2. The Labute approximate surface area is 112 Å². The van der Waals surface area contributed by atoms with Crippen LogP contribution in [0.5, 0.6) is 0 Å². The quantitative estimate of drug-likeness (QED) is 0.875. The molecule has 2 rings (SSSR count). The number of carbonyl (C=O) groups excluding carboxylic acids is 2. The lowest BCUT2D eigenvalue weighted by Crippen LogP contribution is -2.49. The molecule has 0 aromatic carbocycles. The van der Waals surface area contributed by atoms with E-state index in [1.54, 1.807) is 0 Å². The van der Waals surface area contributed by atoms with Crippen molar-refractivity contribution in [2.45, 2.75) is 51.7 Å². The van der Waals surface area contributed by atoms with Crippen molar-refractivity contribution in [3.63, 3.8) is 0 Å². The van der Waals surface area contributed by atoms with Crippen molar-refractivity contribution in [2.24, 2.45) is 5.73 Å². The second-order valence-electron chi connectivity index (χ2n) is 5.17. The SMILES string of the molecule is C[C@@H]1CCC[C@@H](C)N1C(=O)Cn1nccc1C(N)=O. The minimum atomic E-state index is -0.565. The van der Waals surface area contributed by atoms with Gasteiger partial charge < -0.3 is 10.6 Å². The molecule has 6 nitrogen and oxygen atoms in total. The summed E-state index contributed by atoms with van der Waals surface area (Å²) in [6.07, 6.45) is 4.69. The number of nitrogens with zero attached hydrogens (tertiary/aromatic N) is 3. The van der Waals surface area contributed by atoms with Gasteiger partial charge in [-0.25, -0.2) is 0 Å². The van der Waals surface area contributed by atoms with E-state index in [1.807, 2.05) is 4.90 Å². The van der Waals surface area contributed by atoms with Crippen LogP contribution in [-0.2, 0) is 11.3 Å². The van der Waals surface area contributed by atoms with E-state index in [2.05, 4.69) is 18.9 Å². The van der Waals surface area contributed by atoms with Crippen LogP contribution in [-0.4, -0.2) is 38.6 Å². The van der Waals surface area contributed by atoms with Crippen molar-refractivity contribution in [1.29, 1.82) is 0 Å². The maximum atomic E-state index is 12.4. The average Bonchev–Trinajstić information content (AvgIpc) is 2.76.